The molecule has 0 rings (SSSR count). The van der Waals surface area contributed by atoms with Crippen LogP contribution in [0.3, 0.4) is 0 Å². The molecule has 0 saturated carbocycles. The average molecular weight is 335 g/mol. The minimum absolute atomic E-state index is 0.0274. The van der Waals surface area contributed by atoms with Crippen LogP contribution in [0.2, 0.25) is 0 Å². The van der Waals surface area contributed by atoms with Gasteiger partial charge in [-0.3, -0.25) is 4.79 Å². The summed E-state index contributed by atoms with van der Waals surface area (Å²) in [7, 11) is 0. The van der Waals surface area contributed by atoms with Crippen LogP contribution < -0.4 is 5.73 Å². The van der Waals surface area contributed by atoms with Gasteiger partial charge in [0, 0.05) is 6.54 Å². The van der Waals surface area contributed by atoms with Crippen LogP contribution in [0.5, 0.6) is 0 Å². The maximum Gasteiger partial charge on any atom is 0.490 e. The van der Waals surface area contributed by atoms with Crippen molar-refractivity contribution in [1.82, 2.24) is 0 Å². The maximum atomic E-state index is 10.6. The van der Waals surface area contributed by atoms with E-state index in [4.69, 9.17) is 35.0 Å². The molecule has 0 aliphatic rings. The number of nitrogens with two attached hydrogens (primary N) is 1. The smallest absolute Gasteiger partial charge is 0.481 e. The predicted octanol–water partition coefficient (Wildman–Crippen LogP) is 0.103. The van der Waals surface area contributed by atoms with E-state index in [0.717, 1.165) is 0 Å². The van der Waals surface area contributed by atoms with Crippen LogP contribution >= 0.6 is 0 Å². The summed E-state index contributed by atoms with van der Waals surface area (Å²) in [5.41, 5.74) is 5.21. The standard InChI is InChI=1S/C9H19NO5.C2HF3O2/c10-2-4-14-6-8-15-7-5-13-3-1-9(11)12;3-2(4,5)1(6)7/h1-8,10H2,(H,11,12);(H,6,7). The van der Waals surface area contributed by atoms with Crippen molar-refractivity contribution in [3.05, 3.63) is 0 Å². The van der Waals surface area contributed by atoms with Crippen molar-refractivity contribution in [3.63, 3.8) is 0 Å². The number of aliphatic carboxylic acids is 2. The molecule has 0 aliphatic heterocycles. The van der Waals surface area contributed by atoms with Crippen molar-refractivity contribution in [3.8, 4) is 0 Å². The lowest BCUT2D eigenvalue weighted by molar-refractivity contribution is -0.192. The number of hydrogen-bond acceptors (Lipinski definition) is 6. The van der Waals surface area contributed by atoms with Gasteiger partial charge in [-0.15, -0.1) is 0 Å². The third kappa shape index (κ3) is 20.9. The van der Waals surface area contributed by atoms with Gasteiger partial charge in [-0.1, -0.05) is 0 Å². The van der Waals surface area contributed by atoms with Gasteiger partial charge < -0.3 is 30.2 Å². The van der Waals surface area contributed by atoms with Gasteiger partial charge in [-0.05, 0) is 0 Å². The zero-order chi connectivity index (χ0) is 17.4. The van der Waals surface area contributed by atoms with Crippen molar-refractivity contribution in [1.29, 1.82) is 0 Å². The van der Waals surface area contributed by atoms with Crippen molar-refractivity contribution in [2.75, 3.05) is 46.2 Å². The quantitative estimate of drug-likeness (QED) is 0.454. The van der Waals surface area contributed by atoms with Crippen LogP contribution in [0.25, 0.3) is 0 Å². The normalized spacial score (nSPS) is 10.7. The molecule has 0 saturated heterocycles. The van der Waals surface area contributed by atoms with Crippen LogP contribution in [0.1, 0.15) is 6.42 Å². The lowest BCUT2D eigenvalue weighted by Gasteiger charge is -2.05. The van der Waals surface area contributed by atoms with Gasteiger partial charge >= 0.3 is 18.1 Å². The number of ether oxygens (including phenoxy) is 3. The zero-order valence-electron chi connectivity index (χ0n) is 11.8. The van der Waals surface area contributed by atoms with Crippen LogP contribution in [0.4, 0.5) is 13.2 Å². The molecular formula is C11H20F3NO7. The van der Waals surface area contributed by atoms with E-state index in [1.54, 1.807) is 0 Å². The highest BCUT2D eigenvalue weighted by Gasteiger charge is 2.38. The molecule has 0 spiro atoms. The molecule has 0 atom stereocenters. The number of halogens is 3. The van der Waals surface area contributed by atoms with Crippen molar-refractivity contribution < 1.29 is 47.2 Å². The summed E-state index contributed by atoms with van der Waals surface area (Å²) < 4.78 is 47.0. The summed E-state index contributed by atoms with van der Waals surface area (Å²) in [6.45, 7) is 3.16. The minimum atomic E-state index is -5.08. The molecule has 4 N–H and O–H groups in total. The fourth-order valence-electron chi connectivity index (χ4n) is 0.785. The first kappa shape index (κ1) is 22.8. The minimum Gasteiger partial charge on any atom is -0.481 e. The summed E-state index contributed by atoms with van der Waals surface area (Å²) in [5.74, 6) is -3.61. The van der Waals surface area contributed by atoms with Crippen LogP contribution in [-0.4, -0.2) is 74.5 Å². The Kier molecular flexibility index (Phi) is 15.1. The van der Waals surface area contributed by atoms with Gasteiger partial charge in [0.15, 0.2) is 0 Å². The Hall–Kier alpha value is -1.43. The molecular weight excluding hydrogens is 315 g/mol. The summed E-state index contributed by atoms with van der Waals surface area (Å²) in [6.07, 6.45) is -5.06. The Morgan fingerprint density at radius 1 is 0.864 bits per heavy atom. The SMILES string of the molecule is NCCOCCOCCOCCC(=O)O.O=C(O)C(F)(F)F. The molecule has 0 aromatic rings. The molecule has 0 aromatic carbocycles. The monoisotopic (exact) mass is 335 g/mol. The van der Waals surface area contributed by atoms with E-state index in [0.29, 0.717) is 39.6 Å². The Bertz CT molecular complexity index is 300. The highest BCUT2D eigenvalue weighted by molar-refractivity contribution is 5.73. The summed E-state index contributed by atoms with van der Waals surface area (Å²) in [4.78, 5) is 19.0. The van der Waals surface area contributed by atoms with E-state index in [9.17, 15) is 18.0 Å². The third-order valence-corrected chi connectivity index (χ3v) is 1.71. The predicted molar refractivity (Wildman–Crippen MR) is 67.5 cm³/mol. The molecule has 0 radical (unpaired) electrons. The second-order valence-electron chi connectivity index (χ2n) is 3.57. The van der Waals surface area contributed by atoms with Crippen molar-refractivity contribution in [2.45, 2.75) is 12.6 Å². The second kappa shape index (κ2) is 14.5. The molecule has 22 heavy (non-hydrogen) atoms. The molecule has 0 amide bonds. The zero-order valence-corrected chi connectivity index (χ0v) is 11.8. The molecule has 8 nitrogen and oxygen atoms in total. The molecule has 0 aromatic heterocycles. The van der Waals surface area contributed by atoms with E-state index in [1.807, 2.05) is 0 Å². The van der Waals surface area contributed by atoms with E-state index in [2.05, 4.69) is 0 Å². The Balaban J connectivity index is 0. The lowest BCUT2D eigenvalue weighted by atomic mass is 10.5. The van der Waals surface area contributed by atoms with Gasteiger partial charge in [-0.2, -0.15) is 13.2 Å². The topological polar surface area (TPSA) is 128 Å². The van der Waals surface area contributed by atoms with E-state index in [-0.39, 0.29) is 13.0 Å². The summed E-state index contributed by atoms with van der Waals surface area (Å²) in [5, 5.41) is 15.4. The first-order valence-corrected chi connectivity index (χ1v) is 6.17. The average Bonchev–Trinajstić information content (AvgIpc) is 2.40. The summed E-state index contributed by atoms with van der Waals surface area (Å²) in [6, 6.07) is 0. The number of rotatable bonds is 11. The molecule has 11 heteroatoms. The summed E-state index contributed by atoms with van der Waals surface area (Å²) >= 11 is 0. The highest BCUT2D eigenvalue weighted by Crippen LogP contribution is 2.13. The molecule has 0 unspecified atom stereocenters. The second-order valence-corrected chi connectivity index (χ2v) is 3.57. The Morgan fingerprint density at radius 3 is 1.55 bits per heavy atom. The molecule has 0 aliphatic carbocycles. The third-order valence-electron chi connectivity index (χ3n) is 1.71. The number of carboxylic acids is 2. The number of carboxylic acid groups (broad SMARTS) is 2. The van der Waals surface area contributed by atoms with Crippen LogP contribution in [0.15, 0.2) is 0 Å². The fourth-order valence-corrected chi connectivity index (χ4v) is 0.785. The molecule has 0 bridgehead atoms. The number of alkyl halides is 3. The van der Waals surface area contributed by atoms with Crippen molar-refractivity contribution in [2.24, 2.45) is 5.73 Å². The molecule has 0 heterocycles. The van der Waals surface area contributed by atoms with Crippen LogP contribution in [0, 0.1) is 0 Å². The Morgan fingerprint density at radius 2 is 1.23 bits per heavy atom. The molecule has 0 fully saturated rings. The number of hydrogen-bond donors (Lipinski definition) is 3. The van der Waals surface area contributed by atoms with Gasteiger partial charge in [0.1, 0.15) is 0 Å². The maximum absolute atomic E-state index is 10.6. The lowest BCUT2D eigenvalue weighted by Crippen LogP contribution is -2.21. The van der Waals surface area contributed by atoms with Gasteiger partial charge in [0.05, 0.1) is 46.1 Å². The van der Waals surface area contributed by atoms with Crippen LogP contribution in [-0.2, 0) is 23.8 Å². The first-order valence-electron chi connectivity index (χ1n) is 6.17. The highest BCUT2D eigenvalue weighted by atomic mass is 19.4. The van der Waals surface area contributed by atoms with E-state index >= 15 is 0 Å². The first-order chi connectivity index (χ1) is 10.2. The van der Waals surface area contributed by atoms with E-state index < -0.39 is 18.1 Å². The number of carbonyl (C=O) groups is 2. The molecule has 132 valence electrons. The van der Waals surface area contributed by atoms with Gasteiger partial charge in [-0.25, -0.2) is 4.79 Å². The Labute approximate surface area is 124 Å². The van der Waals surface area contributed by atoms with E-state index in [1.165, 1.54) is 0 Å². The fraction of sp³-hybridized carbons (Fsp3) is 0.818. The largest absolute Gasteiger partial charge is 0.490 e. The van der Waals surface area contributed by atoms with Gasteiger partial charge in [0.25, 0.3) is 0 Å². The van der Waals surface area contributed by atoms with Crippen molar-refractivity contribution >= 4 is 11.9 Å². The van der Waals surface area contributed by atoms with Gasteiger partial charge in [0.2, 0.25) is 0 Å².